The SMILES string of the molecule is C=C/C(=C\OCC(=O)NCc1cccc2c1C(=O)N(C1CCC(=O)NC1=O)C2=O)CC. The van der Waals surface area contributed by atoms with E-state index in [2.05, 4.69) is 17.2 Å². The number of piperidine rings is 1. The number of nitrogens with zero attached hydrogens (tertiary/aromatic N) is 1. The van der Waals surface area contributed by atoms with Crippen molar-refractivity contribution in [3.05, 3.63) is 59.4 Å². The van der Waals surface area contributed by atoms with Gasteiger partial charge in [0, 0.05) is 13.0 Å². The molecule has 9 heteroatoms. The molecule has 1 unspecified atom stereocenters. The van der Waals surface area contributed by atoms with Crippen LogP contribution in [0.1, 0.15) is 52.5 Å². The van der Waals surface area contributed by atoms with Gasteiger partial charge in [-0.1, -0.05) is 31.7 Å². The number of carbonyl (C=O) groups excluding carboxylic acids is 5. The van der Waals surface area contributed by atoms with E-state index in [9.17, 15) is 24.0 Å². The Kier molecular flexibility index (Phi) is 6.64. The van der Waals surface area contributed by atoms with Crippen LogP contribution in [-0.2, 0) is 25.7 Å². The lowest BCUT2D eigenvalue weighted by atomic mass is 10.0. The summed E-state index contributed by atoms with van der Waals surface area (Å²) in [7, 11) is 0. The quantitative estimate of drug-likeness (QED) is 0.367. The Morgan fingerprint density at radius 3 is 2.74 bits per heavy atom. The van der Waals surface area contributed by atoms with Crippen LogP contribution in [0.5, 0.6) is 0 Å². The first-order valence-corrected chi connectivity index (χ1v) is 9.90. The fourth-order valence-corrected chi connectivity index (χ4v) is 3.48. The van der Waals surface area contributed by atoms with Gasteiger partial charge in [-0.05, 0) is 30.0 Å². The molecule has 0 spiro atoms. The van der Waals surface area contributed by atoms with Crippen molar-refractivity contribution in [2.75, 3.05) is 6.61 Å². The van der Waals surface area contributed by atoms with E-state index < -0.39 is 35.6 Å². The third kappa shape index (κ3) is 4.55. The number of fused-ring (bicyclic) bond motifs is 1. The van der Waals surface area contributed by atoms with Crippen LogP contribution >= 0.6 is 0 Å². The minimum absolute atomic E-state index is 0.0133. The van der Waals surface area contributed by atoms with E-state index in [0.717, 1.165) is 16.9 Å². The van der Waals surface area contributed by atoms with E-state index in [-0.39, 0.29) is 37.1 Å². The first kappa shape index (κ1) is 21.9. The number of nitrogens with one attached hydrogen (secondary N) is 2. The van der Waals surface area contributed by atoms with Gasteiger partial charge in [0.2, 0.25) is 11.8 Å². The van der Waals surface area contributed by atoms with Gasteiger partial charge < -0.3 is 10.1 Å². The fraction of sp³-hybridized carbons (Fsp3) is 0.318. The van der Waals surface area contributed by atoms with Crippen molar-refractivity contribution in [3.8, 4) is 0 Å². The number of rotatable bonds is 8. The van der Waals surface area contributed by atoms with Crippen LogP contribution in [0, 0.1) is 0 Å². The van der Waals surface area contributed by atoms with Crippen molar-refractivity contribution >= 4 is 29.5 Å². The molecular weight excluding hydrogens is 402 g/mol. The van der Waals surface area contributed by atoms with E-state index >= 15 is 0 Å². The number of allylic oxidation sites excluding steroid dienone is 2. The lowest BCUT2D eigenvalue weighted by molar-refractivity contribution is -0.136. The highest BCUT2D eigenvalue weighted by Gasteiger charge is 2.45. The molecule has 3 rings (SSSR count). The molecule has 1 aromatic rings. The largest absolute Gasteiger partial charge is 0.491 e. The third-order valence-electron chi connectivity index (χ3n) is 5.15. The van der Waals surface area contributed by atoms with Gasteiger partial charge in [0.15, 0.2) is 6.61 Å². The predicted molar refractivity (Wildman–Crippen MR) is 109 cm³/mol. The third-order valence-corrected chi connectivity index (χ3v) is 5.15. The van der Waals surface area contributed by atoms with Crippen LogP contribution < -0.4 is 10.6 Å². The van der Waals surface area contributed by atoms with E-state index in [1.807, 2.05) is 6.92 Å². The Balaban J connectivity index is 1.70. The van der Waals surface area contributed by atoms with Gasteiger partial charge in [-0.15, -0.1) is 0 Å². The molecule has 0 aromatic heterocycles. The normalized spacial score (nSPS) is 18.5. The van der Waals surface area contributed by atoms with Gasteiger partial charge in [-0.25, -0.2) is 0 Å². The Morgan fingerprint density at radius 2 is 2.06 bits per heavy atom. The molecule has 5 amide bonds. The standard InChI is InChI=1S/C22H23N3O6/c1-3-13(4-2)11-31-12-18(27)23-10-14-6-5-7-15-19(14)22(30)25(21(15)29)16-8-9-17(26)24-20(16)28/h3,5-7,11,16H,1,4,8-10,12H2,2H3,(H,23,27)(H,24,26,28)/b13-11+. The van der Waals surface area contributed by atoms with Crippen LogP contribution in [0.3, 0.4) is 0 Å². The molecule has 2 aliphatic heterocycles. The minimum Gasteiger partial charge on any atom is -0.491 e. The van der Waals surface area contributed by atoms with Crippen LogP contribution in [-0.4, -0.2) is 47.1 Å². The number of ether oxygens (including phenoxy) is 1. The maximum atomic E-state index is 13.0. The van der Waals surface area contributed by atoms with Crippen LogP contribution in [0.2, 0.25) is 0 Å². The van der Waals surface area contributed by atoms with E-state index in [1.54, 1.807) is 18.2 Å². The smallest absolute Gasteiger partial charge is 0.262 e. The maximum absolute atomic E-state index is 13.0. The number of amides is 5. The van der Waals surface area contributed by atoms with Crippen molar-refractivity contribution in [1.82, 2.24) is 15.5 Å². The molecule has 1 aromatic carbocycles. The second kappa shape index (κ2) is 9.38. The molecule has 1 atom stereocenters. The Morgan fingerprint density at radius 1 is 1.29 bits per heavy atom. The summed E-state index contributed by atoms with van der Waals surface area (Å²) in [6, 6.07) is 3.70. The van der Waals surface area contributed by atoms with Crippen LogP contribution in [0.4, 0.5) is 0 Å². The molecule has 9 nitrogen and oxygen atoms in total. The highest BCUT2D eigenvalue weighted by molar-refractivity contribution is 6.24. The molecule has 31 heavy (non-hydrogen) atoms. The molecule has 0 radical (unpaired) electrons. The second-order valence-corrected chi connectivity index (χ2v) is 7.13. The Labute approximate surface area is 179 Å². The lowest BCUT2D eigenvalue weighted by Gasteiger charge is -2.27. The molecular formula is C22H23N3O6. The molecule has 0 bridgehead atoms. The number of hydrogen-bond donors (Lipinski definition) is 2. The molecule has 2 heterocycles. The van der Waals surface area contributed by atoms with Gasteiger partial charge in [0.25, 0.3) is 17.7 Å². The Hall–Kier alpha value is -3.75. The summed E-state index contributed by atoms with van der Waals surface area (Å²) >= 11 is 0. The molecule has 1 saturated heterocycles. The molecule has 2 aliphatic rings. The zero-order chi connectivity index (χ0) is 22.5. The summed E-state index contributed by atoms with van der Waals surface area (Å²) in [4.78, 5) is 62.3. The maximum Gasteiger partial charge on any atom is 0.262 e. The van der Waals surface area contributed by atoms with Gasteiger partial charge in [-0.3, -0.25) is 34.2 Å². The first-order chi connectivity index (χ1) is 14.9. The van der Waals surface area contributed by atoms with Gasteiger partial charge >= 0.3 is 0 Å². The zero-order valence-electron chi connectivity index (χ0n) is 17.1. The average Bonchev–Trinajstić information content (AvgIpc) is 3.01. The Bertz CT molecular complexity index is 997. The first-order valence-electron chi connectivity index (χ1n) is 9.90. The molecule has 162 valence electrons. The zero-order valence-corrected chi connectivity index (χ0v) is 17.1. The summed E-state index contributed by atoms with van der Waals surface area (Å²) in [6.07, 6.45) is 3.96. The summed E-state index contributed by atoms with van der Waals surface area (Å²) in [5.74, 6) is -2.70. The minimum atomic E-state index is -1.04. The van der Waals surface area contributed by atoms with Crippen LogP contribution in [0.25, 0.3) is 0 Å². The molecule has 1 fully saturated rings. The highest BCUT2D eigenvalue weighted by Crippen LogP contribution is 2.29. The van der Waals surface area contributed by atoms with Crippen molar-refractivity contribution < 1.29 is 28.7 Å². The van der Waals surface area contributed by atoms with E-state index in [1.165, 1.54) is 12.3 Å². The summed E-state index contributed by atoms with van der Waals surface area (Å²) in [5.41, 5.74) is 1.62. The number of benzene rings is 1. The summed E-state index contributed by atoms with van der Waals surface area (Å²) < 4.78 is 5.23. The average molecular weight is 425 g/mol. The molecule has 2 N–H and O–H groups in total. The van der Waals surface area contributed by atoms with Crippen molar-refractivity contribution in [2.45, 2.75) is 38.8 Å². The van der Waals surface area contributed by atoms with Gasteiger partial charge in [-0.2, -0.15) is 0 Å². The summed E-state index contributed by atoms with van der Waals surface area (Å²) in [5, 5.41) is 4.82. The number of hydrogen-bond acceptors (Lipinski definition) is 6. The van der Waals surface area contributed by atoms with Gasteiger partial charge in [0.1, 0.15) is 6.04 Å². The van der Waals surface area contributed by atoms with E-state index in [0.29, 0.717) is 5.56 Å². The summed E-state index contributed by atoms with van der Waals surface area (Å²) in [6.45, 7) is 5.39. The number of imide groups is 2. The fourth-order valence-electron chi connectivity index (χ4n) is 3.48. The van der Waals surface area contributed by atoms with Crippen molar-refractivity contribution in [1.29, 1.82) is 0 Å². The lowest BCUT2D eigenvalue weighted by Crippen LogP contribution is -2.54. The highest BCUT2D eigenvalue weighted by atomic mass is 16.5. The monoisotopic (exact) mass is 425 g/mol. The number of carbonyl (C=O) groups is 5. The topological polar surface area (TPSA) is 122 Å². The van der Waals surface area contributed by atoms with Crippen LogP contribution in [0.15, 0.2) is 42.7 Å². The van der Waals surface area contributed by atoms with Crippen molar-refractivity contribution in [2.24, 2.45) is 0 Å². The molecule has 0 aliphatic carbocycles. The molecule has 0 saturated carbocycles. The van der Waals surface area contributed by atoms with Crippen molar-refractivity contribution in [3.63, 3.8) is 0 Å². The predicted octanol–water partition coefficient (Wildman–Crippen LogP) is 1.20. The second-order valence-electron chi connectivity index (χ2n) is 7.13. The van der Waals surface area contributed by atoms with E-state index in [4.69, 9.17) is 4.74 Å². The van der Waals surface area contributed by atoms with Gasteiger partial charge in [0.05, 0.1) is 17.4 Å².